The Bertz CT molecular complexity index is 376. The number of rotatable bonds is 1. The molecule has 0 radical (unpaired) electrons. The topological polar surface area (TPSA) is 29.5 Å². The molecule has 0 saturated carbocycles. The van der Waals surface area contributed by atoms with E-state index in [0.29, 0.717) is 12.6 Å². The van der Waals surface area contributed by atoms with E-state index in [1.165, 1.54) is 5.56 Å². The van der Waals surface area contributed by atoms with Crippen LogP contribution in [0.1, 0.15) is 24.4 Å². The number of carbonyl (C=O) groups is 1. The Morgan fingerprint density at radius 3 is 2.80 bits per heavy atom. The number of hydrogen-bond acceptors (Lipinski definition) is 2. The zero-order valence-corrected chi connectivity index (χ0v) is 8.43. The van der Waals surface area contributed by atoms with Crippen molar-refractivity contribution in [2.75, 3.05) is 6.61 Å². The van der Waals surface area contributed by atoms with Gasteiger partial charge in [-0.25, -0.2) is 4.79 Å². The number of cyclic esters (lactones) is 1. The minimum Gasteiger partial charge on any atom is -0.447 e. The molecule has 2 aliphatic rings. The first-order valence-corrected chi connectivity index (χ1v) is 5.36. The Hall–Kier alpha value is -1.51. The summed E-state index contributed by atoms with van der Waals surface area (Å²) in [6.45, 7) is 0.572. The maximum atomic E-state index is 11.5. The van der Waals surface area contributed by atoms with Crippen molar-refractivity contribution in [1.29, 1.82) is 0 Å². The maximum Gasteiger partial charge on any atom is 0.410 e. The van der Waals surface area contributed by atoms with Gasteiger partial charge in [0.25, 0.3) is 0 Å². The lowest BCUT2D eigenvalue weighted by atomic mass is 10.1. The fraction of sp³-hybridized carbons (Fsp3) is 0.417. The lowest BCUT2D eigenvalue weighted by Gasteiger charge is -2.21. The van der Waals surface area contributed by atoms with Crippen LogP contribution in [0.3, 0.4) is 0 Å². The van der Waals surface area contributed by atoms with E-state index in [-0.39, 0.29) is 12.1 Å². The zero-order chi connectivity index (χ0) is 10.3. The van der Waals surface area contributed by atoms with Gasteiger partial charge < -0.3 is 4.74 Å². The molecule has 2 fully saturated rings. The molecule has 3 rings (SSSR count). The van der Waals surface area contributed by atoms with E-state index < -0.39 is 0 Å². The molecule has 0 bridgehead atoms. The monoisotopic (exact) mass is 203 g/mol. The van der Waals surface area contributed by atoms with Crippen LogP contribution in [0.15, 0.2) is 30.3 Å². The molecule has 2 aliphatic heterocycles. The number of carbonyl (C=O) groups excluding carboxylic acids is 1. The van der Waals surface area contributed by atoms with Crippen LogP contribution in [-0.4, -0.2) is 23.6 Å². The van der Waals surface area contributed by atoms with Crippen LogP contribution in [-0.2, 0) is 4.74 Å². The largest absolute Gasteiger partial charge is 0.447 e. The Labute approximate surface area is 88.6 Å². The second-order valence-corrected chi connectivity index (χ2v) is 4.14. The summed E-state index contributed by atoms with van der Waals surface area (Å²) >= 11 is 0. The highest BCUT2D eigenvalue weighted by Crippen LogP contribution is 2.39. The molecule has 78 valence electrons. The van der Waals surface area contributed by atoms with Gasteiger partial charge in [0.2, 0.25) is 0 Å². The van der Waals surface area contributed by atoms with E-state index in [9.17, 15) is 4.79 Å². The van der Waals surface area contributed by atoms with Gasteiger partial charge in [-0.3, -0.25) is 4.90 Å². The van der Waals surface area contributed by atoms with Crippen LogP contribution in [0.5, 0.6) is 0 Å². The molecule has 3 heteroatoms. The van der Waals surface area contributed by atoms with E-state index >= 15 is 0 Å². The van der Waals surface area contributed by atoms with Crippen molar-refractivity contribution in [3.8, 4) is 0 Å². The summed E-state index contributed by atoms with van der Waals surface area (Å²) in [6.07, 6.45) is 1.97. The third-order valence-corrected chi connectivity index (χ3v) is 3.30. The highest BCUT2D eigenvalue weighted by atomic mass is 16.6. The standard InChI is InChI=1S/C12H13NO2/c14-12-13-10(8-15-12)6-7-11(13)9-4-2-1-3-5-9/h1-5,10-11H,6-8H2/t10-,11-/m0/s1. The van der Waals surface area contributed by atoms with Crippen LogP contribution in [0.2, 0.25) is 0 Å². The van der Waals surface area contributed by atoms with E-state index in [1.54, 1.807) is 0 Å². The Morgan fingerprint density at radius 2 is 2.00 bits per heavy atom. The van der Waals surface area contributed by atoms with Crippen molar-refractivity contribution >= 4 is 6.09 Å². The van der Waals surface area contributed by atoms with Crippen molar-refractivity contribution in [2.45, 2.75) is 24.9 Å². The number of ether oxygens (including phenoxy) is 1. The van der Waals surface area contributed by atoms with Gasteiger partial charge in [0.05, 0.1) is 12.1 Å². The van der Waals surface area contributed by atoms with Crippen LogP contribution >= 0.6 is 0 Å². The van der Waals surface area contributed by atoms with Gasteiger partial charge in [-0.15, -0.1) is 0 Å². The third kappa shape index (κ3) is 1.30. The number of fused-ring (bicyclic) bond motifs is 1. The van der Waals surface area contributed by atoms with E-state index in [2.05, 4.69) is 12.1 Å². The molecule has 0 spiro atoms. The number of hydrogen-bond donors (Lipinski definition) is 0. The molecule has 2 heterocycles. The SMILES string of the molecule is O=C1OC[C@@H]2CC[C@@H](c3ccccc3)N12. The predicted molar refractivity (Wildman–Crippen MR) is 55.4 cm³/mol. The molecular formula is C12H13NO2. The molecule has 2 atom stereocenters. The second-order valence-electron chi connectivity index (χ2n) is 4.14. The van der Waals surface area contributed by atoms with Crippen LogP contribution in [0.25, 0.3) is 0 Å². The molecule has 3 nitrogen and oxygen atoms in total. The minimum absolute atomic E-state index is 0.147. The van der Waals surface area contributed by atoms with Crippen molar-refractivity contribution < 1.29 is 9.53 Å². The normalized spacial score (nSPS) is 29.1. The molecule has 0 unspecified atom stereocenters. The van der Waals surface area contributed by atoms with Crippen molar-refractivity contribution in [3.63, 3.8) is 0 Å². The molecule has 2 saturated heterocycles. The summed E-state index contributed by atoms with van der Waals surface area (Å²) in [7, 11) is 0. The molecule has 15 heavy (non-hydrogen) atoms. The summed E-state index contributed by atoms with van der Waals surface area (Å²) in [5, 5.41) is 0. The van der Waals surface area contributed by atoms with Gasteiger partial charge >= 0.3 is 6.09 Å². The summed E-state index contributed by atoms with van der Waals surface area (Å²) in [5.41, 5.74) is 1.22. The number of amides is 1. The summed E-state index contributed by atoms with van der Waals surface area (Å²) in [4.78, 5) is 13.4. The van der Waals surface area contributed by atoms with Gasteiger partial charge in [-0.2, -0.15) is 0 Å². The quantitative estimate of drug-likeness (QED) is 0.701. The average Bonchev–Trinajstić information content (AvgIpc) is 2.84. The molecule has 0 aliphatic carbocycles. The lowest BCUT2D eigenvalue weighted by Crippen LogP contribution is -2.29. The first kappa shape index (κ1) is 8.77. The first-order valence-electron chi connectivity index (χ1n) is 5.36. The predicted octanol–water partition coefficient (Wildman–Crippen LogP) is 2.34. The fourth-order valence-electron chi connectivity index (χ4n) is 2.57. The maximum absolute atomic E-state index is 11.5. The molecule has 1 aromatic carbocycles. The van der Waals surface area contributed by atoms with Gasteiger partial charge in [0.15, 0.2) is 0 Å². The highest BCUT2D eigenvalue weighted by Gasteiger charge is 2.43. The van der Waals surface area contributed by atoms with E-state index in [4.69, 9.17) is 4.74 Å². The second kappa shape index (κ2) is 3.26. The van der Waals surface area contributed by atoms with E-state index in [1.807, 2.05) is 23.1 Å². The molecule has 1 aromatic rings. The van der Waals surface area contributed by atoms with Gasteiger partial charge in [-0.1, -0.05) is 30.3 Å². The van der Waals surface area contributed by atoms with Crippen molar-refractivity contribution in [2.24, 2.45) is 0 Å². The van der Waals surface area contributed by atoms with Crippen molar-refractivity contribution in [3.05, 3.63) is 35.9 Å². The zero-order valence-electron chi connectivity index (χ0n) is 8.43. The Balaban J connectivity index is 1.92. The third-order valence-electron chi connectivity index (χ3n) is 3.30. The van der Waals surface area contributed by atoms with Crippen LogP contribution in [0.4, 0.5) is 4.79 Å². The van der Waals surface area contributed by atoms with Gasteiger partial charge in [0.1, 0.15) is 6.61 Å². The molecule has 1 amide bonds. The smallest absolute Gasteiger partial charge is 0.410 e. The Kier molecular flexibility index (Phi) is 1.91. The van der Waals surface area contributed by atoms with Crippen molar-refractivity contribution in [1.82, 2.24) is 4.90 Å². The number of benzene rings is 1. The summed E-state index contributed by atoms with van der Waals surface area (Å²) < 4.78 is 5.06. The van der Waals surface area contributed by atoms with Gasteiger partial charge in [-0.05, 0) is 18.4 Å². The van der Waals surface area contributed by atoms with Crippen LogP contribution in [0, 0.1) is 0 Å². The minimum atomic E-state index is -0.147. The number of nitrogens with zero attached hydrogens (tertiary/aromatic N) is 1. The fourth-order valence-corrected chi connectivity index (χ4v) is 2.57. The van der Waals surface area contributed by atoms with Crippen LogP contribution < -0.4 is 0 Å². The molecular weight excluding hydrogens is 190 g/mol. The Morgan fingerprint density at radius 1 is 1.20 bits per heavy atom. The van der Waals surface area contributed by atoms with Gasteiger partial charge in [0, 0.05) is 0 Å². The van der Waals surface area contributed by atoms with E-state index in [0.717, 1.165) is 12.8 Å². The average molecular weight is 203 g/mol. The highest BCUT2D eigenvalue weighted by molar-refractivity contribution is 5.71. The lowest BCUT2D eigenvalue weighted by molar-refractivity contribution is 0.149. The molecule has 0 aromatic heterocycles. The summed E-state index contributed by atoms with van der Waals surface area (Å²) in [6, 6.07) is 10.7. The molecule has 0 N–H and O–H groups in total. The summed E-state index contributed by atoms with van der Waals surface area (Å²) in [5.74, 6) is 0. The first-order chi connectivity index (χ1) is 7.36.